The highest BCUT2D eigenvalue weighted by Crippen LogP contribution is 2.12. The Morgan fingerprint density at radius 3 is 2.82 bits per heavy atom. The van der Waals surface area contributed by atoms with E-state index in [9.17, 15) is 4.79 Å². The van der Waals surface area contributed by atoms with E-state index in [1.165, 1.54) is 4.31 Å². The number of rotatable bonds is 4. The molecule has 0 fully saturated rings. The molecule has 3 nitrogen and oxygen atoms in total. The highest BCUT2D eigenvalue weighted by atomic mass is 35.7. The van der Waals surface area contributed by atoms with Crippen LogP contribution in [0.4, 0.5) is 4.79 Å². The first kappa shape index (κ1) is 10.9. The standard InChI is InChI=1S/C6H12ClNO2S/c1-3-4-5-10-6(9)8(2)11-7/h3-5H2,1-2H3. The number of amides is 1. The van der Waals surface area contributed by atoms with Gasteiger partial charge in [-0.1, -0.05) is 13.3 Å². The first-order valence-electron chi connectivity index (χ1n) is 3.41. The second-order valence-electron chi connectivity index (χ2n) is 2.03. The second-order valence-corrected chi connectivity index (χ2v) is 3.13. The maximum Gasteiger partial charge on any atom is 0.420 e. The average molecular weight is 198 g/mol. The Bertz CT molecular complexity index is 123. The Balaban J connectivity index is 3.36. The fourth-order valence-corrected chi connectivity index (χ4v) is 0.701. The van der Waals surface area contributed by atoms with Crippen LogP contribution in [0.2, 0.25) is 0 Å². The summed E-state index contributed by atoms with van der Waals surface area (Å²) in [5, 5.41) is 0. The van der Waals surface area contributed by atoms with Crippen molar-refractivity contribution in [2.24, 2.45) is 0 Å². The fourth-order valence-electron chi connectivity index (χ4n) is 0.423. The van der Waals surface area contributed by atoms with Gasteiger partial charge >= 0.3 is 6.09 Å². The smallest absolute Gasteiger partial charge is 0.420 e. The molecule has 0 aromatic carbocycles. The van der Waals surface area contributed by atoms with Crippen molar-refractivity contribution in [2.75, 3.05) is 13.7 Å². The van der Waals surface area contributed by atoms with Gasteiger partial charge in [0.15, 0.2) is 0 Å². The van der Waals surface area contributed by atoms with E-state index in [-0.39, 0.29) is 0 Å². The topological polar surface area (TPSA) is 29.5 Å². The van der Waals surface area contributed by atoms with Gasteiger partial charge in [-0.15, -0.1) is 0 Å². The summed E-state index contributed by atoms with van der Waals surface area (Å²) in [6.45, 7) is 2.50. The van der Waals surface area contributed by atoms with Gasteiger partial charge in [-0.3, -0.25) is 0 Å². The van der Waals surface area contributed by atoms with Crippen molar-refractivity contribution >= 4 is 27.9 Å². The molecule has 0 rings (SSSR count). The molecule has 1 amide bonds. The molecular formula is C6H12ClNO2S. The van der Waals surface area contributed by atoms with Gasteiger partial charge in [-0.05, 0) is 17.1 Å². The van der Waals surface area contributed by atoms with E-state index in [0.29, 0.717) is 6.61 Å². The van der Waals surface area contributed by atoms with Crippen LogP contribution >= 0.6 is 21.8 Å². The van der Waals surface area contributed by atoms with Crippen molar-refractivity contribution in [1.29, 1.82) is 0 Å². The molecule has 0 unspecified atom stereocenters. The van der Waals surface area contributed by atoms with Crippen LogP contribution in [-0.4, -0.2) is 24.1 Å². The van der Waals surface area contributed by atoms with Gasteiger partial charge in [0.05, 0.1) is 17.8 Å². The van der Waals surface area contributed by atoms with Crippen LogP contribution in [0.3, 0.4) is 0 Å². The third kappa shape index (κ3) is 5.21. The molecule has 0 atom stereocenters. The van der Waals surface area contributed by atoms with Gasteiger partial charge < -0.3 is 4.74 Å². The van der Waals surface area contributed by atoms with Crippen LogP contribution < -0.4 is 0 Å². The molecule has 0 saturated heterocycles. The molecule has 11 heavy (non-hydrogen) atoms. The Morgan fingerprint density at radius 1 is 1.73 bits per heavy atom. The van der Waals surface area contributed by atoms with E-state index in [4.69, 9.17) is 15.4 Å². The maximum atomic E-state index is 10.8. The van der Waals surface area contributed by atoms with Crippen LogP contribution in [0.5, 0.6) is 0 Å². The Kier molecular flexibility index (Phi) is 6.56. The van der Waals surface area contributed by atoms with Crippen LogP contribution in [-0.2, 0) is 4.74 Å². The number of unbranched alkanes of at least 4 members (excludes halogenated alkanes) is 1. The number of nitrogens with zero attached hydrogens (tertiary/aromatic N) is 1. The first-order chi connectivity index (χ1) is 5.22. The largest absolute Gasteiger partial charge is 0.449 e. The summed E-state index contributed by atoms with van der Waals surface area (Å²) in [5.74, 6) is 0. The van der Waals surface area contributed by atoms with Crippen LogP contribution in [0.25, 0.3) is 0 Å². The molecule has 0 aromatic rings. The Morgan fingerprint density at radius 2 is 2.36 bits per heavy atom. The second kappa shape index (κ2) is 6.61. The van der Waals surface area contributed by atoms with E-state index in [1.54, 1.807) is 7.05 Å². The molecule has 0 aliphatic carbocycles. The van der Waals surface area contributed by atoms with E-state index < -0.39 is 6.09 Å². The number of ether oxygens (including phenoxy) is 1. The molecule has 0 spiro atoms. The lowest BCUT2D eigenvalue weighted by molar-refractivity contribution is 0.131. The van der Waals surface area contributed by atoms with Crippen molar-refractivity contribution in [3.8, 4) is 0 Å². The minimum Gasteiger partial charge on any atom is -0.449 e. The zero-order valence-corrected chi connectivity index (χ0v) is 8.24. The first-order valence-corrected chi connectivity index (χ1v) is 5.01. The molecule has 0 aliphatic heterocycles. The summed E-state index contributed by atoms with van der Waals surface area (Å²) in [6.07, 6.45) is 1.52. The van der Waals surface area contributed by atoms with E-state index >= 15 is 0 Å². The Labute approximate surface area is 75.7 Å². The molecule has 0 aromatic heterocycles. The average Bonchev–Trinajstić information content (AvgIpc) is 2.03. The summed E-state index contributed by atoms with van der Waals surface area (Å²) in [7, 11) is 6.86. The van der Waals surface area contributed by atoms with E-state index in [2.05, 4.69) is 0 Å². The summed E-state index contributed by atoms with van der Waals surface area (Å²) in [5.41, 5.74) is 0. The van der Waals surface area contributed by atoms with Crippen LogP contribution in [0.1, 0.15) is 19.8 Å². The molecule has 0 bridgehead atoms. The van der Waals surface area contributed by atoms with Gasteiger partial charge in [0.1, 0.15) is 0 Å². The predicted octanol–water partition coefficient (Wildman–Crippen LogP) is 2.66. The lowest BCUT2D eigenvalue weighted by atomic mass is 10.4. The van der Waals surface area contributed by atoms with Crippen molar-refractivity contribution in [2.45, 2.75) is 19.8 Å². The van der Waals surface area contributed by atoms with Gasteiger partial charge in [0.2, 0.25) is 0 Å². The van der Waals surface area contributed by atoms with Crippen molar-refractivity contribution in [3.05, 3.63) is 0 Å². The number of carbonyl (C=O) groups is 1. The third-order valence-electron chi connectivity index (χ3n) is 1.08. The zero-order valence-electron chi connectivity index (χ0n) is 6.67. The molecule has 0 radical (unpaired) electrons. The summed E-state index contributed by atoms with van der Waals surface area (Å²) >= 11 is 0.822. The molecule has 0 N–H and O–H groups in total. The van der Waals surface area contributed by atoms with Gasteiger partial charge in [0.25, 0.3) is 0 Å². The summed E-state index contributed by atoms with van der Waals surface area (Å²) in [4.78, 5) is 10.8. The fraction of sp³-hybridized carbons (Fsp3) is 0.833. The van der Waals surface area contributed by atoms with Gasteiger partial charge in [-0.2, -0.15) is 0 Å². The van der Waals surface area contributed by atoms with E-state index in [0.717, 1.165) is 24.0 Å². The molecule has 5 heteroatoms. The lowest BCUT2D eigenvalue weighted by Gasteiger charge is -2.10. The van der Waals surface area contributed by atoms with Crippen molar-refractivity contribution in [3.63, 3.8) is 0 Å². The number of hydrogen-bond donors (Lipinski definition) is 0. The monoisotopic (exact) mass is 197 g/mol. The number of halogens is 1. The van der Waals surface area contributed by atoms with Crippen molar-refractivity contribution in [1.82, 2.24) is 4.31 Å². The third-order valence-corrected chi connectivity index (χ3v) is 2.06. The van der Waals surface area contributed by atoms with Crippen LogP contribution in [0.15, 0.2) is 0 Å². The zero-order chi connectivity index (χ0) is 8.69. The minimum atomic E-state index is -0.390. The summed E-state index contributed by atoms with van der Waals surface area (Å²) in [6, 6.07) is 0. The maximum absolute atomic E-state index is 10.8. The van der Waals surface area contributed by atoms with Gasteiger partial charge in [-0.25, -0.2) is 9.10 Å². The number of carbonyl (C=O) groups excluding carboxylic acids is 1. The normalized spacial score (nSPS) is 9.36. The highest BCUT2D eigenvalue weighted by molar-refractivity contribution is 8.19. The molecular weight excluding hydrogens is 186 g/mol. The summed E-state index contributed by atoms with van der Waals surface area (Å²) < 4.78 is 6.05. The Hall–Kier alpha value is -0.0900. The quantitative estimate of drug-likeness (QED) is 0.513. The van der Waals surface area contributed by atoms with Crippen molar-refractivity contribution < 1.29 is 9.53 Å². The number of hydrogen-bond acceptors (Lipinski definition) is 3. The molecule has 0 aliphatic rings. The predicted molar refractivity (Wildman–Crippen MR) is 47.5 cm³/mol. The minimum absolute atomic E-state index is 0.390. The SMILES string of the molecule is CCCCOC(=O)N(C)SCl. The molecule has 0 saturated carbocycles. The van der Waals surface area contributed by atoms with E-state index in [1.807, 2.05) is 6.92 Å². The lowest BCUT2D eigenvalue weighted by Crippen LogP contribution is -2.19. The van der Waals surface area contributed by atoms with Gasteiger partial charge in [0, 0.05) is 7.05 Å². The molecule has 0 heterocycles. The molecule has 66 valence electrons. The highest BCUT2D eigenvalue weighted by Gasteiger charge is 2.07. The van der Waals surface area contributed by atoms with Crippen LogP contribution in [0, 0.1) is 0 Å².